The molecule has 10 heterocycles. The predicted octanol–water partition coefficient (Wildman–Crippen LogP) is 2.81. The number of allylic oxidation sites excluding steroid dienone is 2. The van der Waals surface area contributed by atoms with Crippen LogP contribution < -0.4 is 52.3 Å². The normalized spacial score (nSPS) is 38.1. The second kappa shape index (κ2) is 21.8. The van der Waals surface area contributed by atoms with Gasteiger partial charge in [-0.1, -0.05) is 24.3 Å². The highest BCUT2D eigenvalue weighted by Gasteiger charge is 2.55. The number of halogens is 2. The number of alkyl halides is 2. The number of aliphatic hydroxyl groups is 2. The molecule has 0 aromatic heterocycles. The first-order valence-corrected chi connectivity index (χ1v) is 29.0. The molecule has 12 atom stereocenters. The molecule has 12 rings (SSSR count). The van der Waals surface area contributed by atoms with Gasteiger partial charge < -0.3 is 35.5 Å². The zero-order valence-electron chi connectivity index (χ0n) is 45.0. The van der Waals surface area contributed by atoms with Gasteiger partial charge in [0.2, 0.25) is 11.8 Å². The number of amides is 2. The molecule has 0 radical (unpaired) electrons. The van der Waals surface area contributed by atoms with Crippen molar-refractivity contribution in [2.75, 3.05) is 92.9 Å². The van der Waals surface area contributed by atoms with E-state index >= 15 is 0 Å². The summed E-state index contributed by atoms with van der Waals surface area (Å²) in [6, 6.07) is 14.2. The van der Waals surface area contributed by atoms with E-state index in [4.69, 9.17) is 0 Å². The van der Waals surface area contributed by atoms with Gasteiger partial charge in [-0.05, 0) is 126 Å². The SMILES string of the molecule is CN1CCN(c2ccc(NC3NCC4C(=O)N5C/C=C\CCC(O)(Cc6cc(N7CCC(F)(F)CC7)ccc6NC6NCC7C(=O)N8C/C=C\CCC(C)(O)C9CCCC(N9)N8C7N6)C6CCCC(N6)N5C4N3)cc2)CC1. The van der Waals surface area contributed by atoms with Gasteiger partial charge >= 0.3 is 0 Å². The van der Waals surface area contributed by atoms with E-state index < -0.39 is 23.4 Å². The summed E-state index contributed by atoms with van der Waals surface area (Å²) < 4.78 is 29.1. The molecule has 0 spiro atoms. The topological polar surface area (TPSA) is 194 Å². The van der Waals surface area contributed by atoms with Crippen LogP contribution in [0.2, 0.25) is 0 Å². The summed E-state index contributed by atoms with van der Waals surface area (Å²) in [6.07, 6.45) is 13.7. The minimum Gasteiger partial charge on any atom is -0.389 e. The van der Waals surface area contributed by atoms with Crippen molar-refractivity contribution in [2.45, 2.75) is 157 Å². The number of hydrazine groups is 2. The maximum atomic E-state index is 14.6. The number of piperazine rings is 1. The summed E-state index contributed by atoms with van der Waals surface area (Å²) in [6.45, 7) is 8.27. The summed E-state index contributed by atoms with van der Waals surface area (Å²) in [5.74, 6) is -3.24. The van der Waals surface area contributed by atoms with Gasteiger partial charge in [-0.2, -0.15) is 10.0 Å². The highest BCUT2D eigenvalue weighted by atomic mass is 19.3. The molecule has 10 aliphatic rings. The number of rotatable bonds is 8. The Balaban J connectivity index is 0.790. The molecule has 2 amide bonds. The fourth-order valence-corrected chi connectivity index (χ4v) is 14.2. The number of benzene rings is 2. The van der Waals surface area contributed by atoms with Crippen LogP contribution in [0.1, 0.15) is 89.5 Å². The third-order valence-corrected chi connectivity index (χ3v) is 18.8. The molecule has 2 aromatic rings. The van der Waals surface area contributed by atoms with Gasteiger partial charge in [0.25, 0.3) is 5.92 Å². The summed E-state index contributed by atoms with van der Waals surface area (Å²) in [4.78, 5) is 35.4. The molecule has 8 fully saturated rings. The quantitative estimate of drug-likeness (QED) is 0.174. The minimum atomic E-state index is -2.70. The lowest BCUT2D eigenvalue weighted by Crippen LogP contribution is -2.69. The first-order chi connectivity index (χ1) is 37.2. The van der Waals surface area contributed by atoms with E-state index in [2.05, 4.69) is 118 Å². The number of nitrogens with zero attached hydrogens (tertiary/aromatic N) is 7. The summed E-state index contributed by atoms with van der Waals surface area (Å²) in [5, 5.41) is 63.0. The Hall–Kier alpha value is -4.52. The monoisotopic (exact) mass is 1070 g/mol. The van der Waals surface area contributed by atoms with E-state index in [0.29, 0.717) is 45.4 Å². The molecular formula is C56H83F2N15O4. The Morgan fingerprint density at radius 2 is 1.19 bits per heavy atom. The third-order valence-electron chi connectivity index (χ3n) is 18.8. The first-order valence-electron chi connectivity index (χ1n) is 29.0. The Labute approximate surface area is 452 Å². The van der Waals surface area contributed by atoms with Gasteiger partial charge in [0, 0.05) is 106 Å². The van der Waals surface area contributed by atoms with E-state index in [0.717, 1.165) is 93.8 Å². The number of carbonyl (C=O) groups is 2. The Morgan fingerprint density at radius 3 is 1.83 bits per heavy atom. The molecule has 0 aliphatic carbocycles. The van der Waals surface area contributed by atoms with E-state index in [1.165, 1.54) is 5.69 Å². The standard InChI is InChI=1S/C56H83F2N15O4/c1-54(76)21-5-3-7-25-70-51(75)42-36-60-53(66-49(42)72(70)46-13-9-11-44(54)63-46)62-43-20-19-40(68-27-23-56(57,58)24-28-68)33-37(43)34-55(77)22-6-4-8-26-71-50(74)41-35-59-52(65-48(41)73(71)47-14-10-12-45(55)64-47)61-38-15-17-39(18-16-38)69-31-29-67(2)30-32-69/h3-4,7-8,15-20,33,41-42,44-49,52-53,59-66,76-77H,5-6,9-14,21-32,34-36H2,1-2H3/b7-3-,8-4-. The third kappa shape index (κ3) is 11.0. The largest absolute Gasteiger partial charge is 0.389 e. The van der Waals surface area contributed by atoms with Gasteiger partial charge in [-0.3, -0.25) is 51.5 Å². The molecule has 10 N–H and O–H groups in total. The van der Waals surface area contributed by atoms with Crippen molar-refractivity contribution in [3.63, 3.8) is 0 Å². The van der Waals surface area contributed by atoms with Crippen molar-refractivity contribution in [3.8, 4) is 0 Å². The Morgan fingerprint density at radius 1 is 0.636 bits per heavy atom. The second-order valence-electron chi connectivity index (χ2n) is 24.0. The molecule has 8 saturated heterocycles. The van der Waals surface area contributed by atoms with Gasteiger partial charge in [-0.25, -0.2) is 8.78 Å². The molecule has 4 bridgehead atoms. The van der Waals surface area contributed by atoms with E-state index in [1.54, 1.807) is 0 Å². The van der Waals surface area contributed by atoms with E-state index in [9.17, 15) is 28.6 Å². The Kier molecular flexibility index (Phi) is 15.1. The van der Waals surface area contributed by atoms with Crippen LogP contribution in [0, 0.1) is 11.8 Å². The van der Waals surface area contributed by atoms with Crippen molar-refractivity contribution in [1.29, 1.82) is 0 Å². The molecule has 77 heavy (non-hydrogen) atoms. The van der Waals surface area contributed by atoms with Gasteiger partial charge in [0.05, 0.1) is 60.8 Å². The highest BCUT2D eigenvalue weighted by Crippen LogP contribution is 2.40. The van der Waals surface area contributed by atoms with Crippen molar-refractivity contribution in [1.82, 2.24) is 56.8 Å². The lowest BCUT2D eigenvalue weighted by atomic mass is 9.78. The number of nitrogens with one attached hydrogen (secondary N) is 8. The van der Waals surface area contributed by atoms with Crippen molar-refractivity contribution in [3.05, 3.63) is 72.3 Å². The van der Waals surface area contributed by atoms with Crippen LogP contribution in [0.25, 0.3) is 0 Å². The zero-order valence-corrected chi connectivity index (χ0v) is 45.0. The smallest absolute Gasteiger partial charge is 0.251 e. The van der Waals surface area contributed by atoms with Crippen molar-refractivity contribution >= 4 is 34.6 Å². The number of anilines is 4. The van der Waals surface area contributed by atoms with Crippen molar-refractivity contribution < 1.29 is 28.6 Å². The number of fused-ring (bicyclic) bond motifs is 12. The maximum Gasteiger partial charge on any atom is 0.251 e. The van der Waals surface area contributed by atoms with E-state index in [-0.39, 0.29) is 99.0 Å². The Bertz CT molecular complexity index is 2490. The summed E-state index contributed by atoms with van der Waals surface area (Å²) in [7, 11) is 2.17. The van der Waals surface area contributed by atoms with Crippen LogP contribution in [0.3, 0.4) is 0 Å². The molecule has 420 valence electrons. The highest BCUT2D eigenvalue weighted by molar-refractivity contribution is 5.82. The fraction of sp³-hybridized carbons (Fsp3) is 0.679. The molecule has 2 aromatic carbocycles. The van der Waals surface area contributed by atoms with Crippen LogP contribution in [-0.2, 0) is 16.0 Å². The number of likely N-dealkylation sites (N-methyl/N-ethyl adjacent to an activating group) is 1. The molecule has 0 saturated carbocycles. The van der Waals surface area contributed by atoms with Gasteiger partial charge in [-0.15, -0.1) is 0 Å². The fourth-order valence-electron chi connectivity index (χ4n) is 14.2. The molecule has 21 heteroatoms. The van der Waals surface area contributed by atoms with E-state index in [1.807, 2.05) is 40.1 Å². The lowest BCUT2D eigenvalue weighted by Gasteiger charge is -2.48. The lowest BCUT2D eigenvalue weighted by molar-refractivity contribution is -0.147. The van der Waals surface area contributed by atoms with Gasteiger partial charge in [0.15, 0.2) is 0 Å². The molecule has 19 nitrogen and oxygen atoms in total. The average molecular weight is 1070 g/mol. The van der Waals surface area contributed by atoms with Crippen molar-refractivity contribution in [2.24, 2.45) is 11.8 Å². The van der Waals surface area contributed by atoms with Gasteiger partial charge in [0.1, 0.15) is 12.6 Å². The van der Waals surface area contributed by atoms with Crippen LogP contribution in [-0.4, -0.2) is 186 Å². The number of hydrogen-bond acceptors (Lipinski definition) is 17. The second-order valence-corrected chi connectivity index (χ2v) is 24.0. The van der Waals surface area contributed by atoms with Crippen LogP contribution in [0.4, 0.5) is 31.5 Å². The van der Waals surface area contributed by atoms with Crippen LogP contribution in [0.5, 0.6) is 0 Å². The minimum absolute atomic E-state index is 0.0540. The average Bonchev–Trinajstić information content (AvgIpc) is 3.88. The molecule has 12 unspecified atom stereocenters. The van der Waals surface area contributed by atoms with Crippen LogP contribution in [0.15, 0.2) is 66.8 Å². The molecular weight excluding hydrogens is 985 g/mol. The number of hydrogen-bond donors (Lipinski definition) is 10. The maximum absolute atomic E-state index is 14.6. The zero-order chi connectivity index (χ0) is 53.1. The first kappa shape index (κ1) is 53.1. The summed E-state index contributed by atoms with van der Waals surface area (Å²) >= 11 is 0. The van der Waals surface area contributed by atoms with Crippen LogP contribution >= 0.6 is 0 Å². The summed E-state index contributed by atoms with van der Waals surface area (Å²) in [5.41, 5.74) is 2.55. The predicted molar refractivity (Wildman–Crippen MR) is 293 cm³/mol. The number of piperidine rings is 3. The number of carbonyl (C=O) groups excluding carboxylic acids is 2. The molecule has 10 aliphatic heterocycles.